The lowest BCUT2D eigenvalue weighted by atomic mass is 9.80. The van der Waals surface area contributed by atoms with Gasteiger partial charge in [-0.05, 0) is 38.0 Å². The normalized spacial score (nSPS) is 28.5. The summed E-state index contributed by atoms with van der Waals surface area (Å²) in [5, 5.41) is 19.2. The second-order valence-corrected chi connectivity index (χ2v) is 8.30. The Balaban J connectivity index is 2.54. The number of hydrogen-bond acceptors (Lipinski definition) is 4. The van der Waals surface area contributed by atoms with Crippen molar-refractivity contribution in [3.8, 4) is 0 Å². The van der Waals surface area contributed by atoms with E-state index in [2.05, 4.69) is 0 Å². The van der Waals surface area contributed by atoms with Crippen molar-refractivity contribution in [2.45, 2.75) is 51.6 Å². The van der Waals surface area contributed by atoms with Gasteiger partial charge in [0.2, 0.25) is 0 Å². The number of hydrogen-bond donors (Lipinski definition) is 2. The molecule has 0 radical (unpaired) electrons. The second-order valence-electron chi connectivity index (χ2n) is 6.11. The Morgan fingerprint density at radius 2 is 1.84 bits per heavy atom. The molecular formula is C13H24O5S. The molecule has 6 heteroatoms. The predicted octanol–water partition coefficient (Wildman–Crippen LogP) is 1.45. The van der Waals surface area contributed by atoms with Crippen LogP contribution in [0.3, 0.4) is 0 Å². The molecule has 1 saturated carbocycles. The standard InChI is InChI=1S/C13H24O5S/c1-10(2)5-8-19(17,18)9-13(16)6-3-11(4-7-13)12(14)15/h10-11,16H,3-9H2,1-2H3,(H,14,15). The van der Waals surface area contributed by atoms with E-state index < -0.39 is 27.3 Å². The zero-order chi connectivity index (χ0) is 14.7. The van der Waals surface area contributed by atoms with Crippen LogP contribution >= 0.6 is 0 Å². The summed E-state index contributed by atoms with van der Waals surface area (Å²) in [5.74, 6) is -1.13. The number of carbonyl (C=O) groups is 1. The maximum atomic E-state index is 11.9. The van der Waals surface area contributed by atoms with Crippen molar-refractivity contribution in [2.24, 2.45) is 11.8 Å². The van der Waals surface area contributed by atoms with Crippen LogP contribution < -0.4 is 0 Å². The van der Waals surface area contributed by atoms with E-state index in [4.69, 9.17) is 5.11 Å². The van der Waals surface area contributed by atoms with E-state index in [1.54, 1.807) is 0 Å². The largest absolute Gasteiger partial charge is 0.481 e. The van der Waals surface area contributed by atoms with Crippen molar-refractivity contribution < 1.29 is 23.4 Å². The molecule has 0 unspecified atom stereocenters. The first-order chi connectivity index (χ1) is 8.64. The first-order valence-electron chi connectivity index (χ1n) is 6.79. The van der Waals surface area contributed by atoms with Crippen molar-refractivity contribution in [2.75, 3.05) is 11.5 Å². The fourth-order valence-corrected chi connectivity index (χ4v) is 4.53. The van der Waals surface area contributed by atoms with E-state index >= 15 is 0 Å². The minimum Gasteiger partial charge on any atom is -0.481 e. The van der Waals surface area contributed by atoms with Crippen LogP contribution in [0, 0.1) is 11.8 Å². The lowest BCUT2D eigenvalue weighted by Crippen LogP contribution is -2.42. The third-order valence-electron chi connectivity index (χ3n) is 3.76. The molecule has 1 aliphatic rings. The van der Waals surface area contributed by atoms with Crippen LogP contribution in [0.15, 0.2) is 0 Å². The highest BCUT2D eigenvalue weighted by Gasteiger charge is 2.38. The first kappa shape index (κ1) is 16.4. The smallest absolute Gasteiger partial charge is 0.306 e. The molecule has 1 aliphatic carbocycles. The molecule has 2 N–H and O–H groups in total. The molecule has 5 nitrogen and oxygen atoms in total. The molecule has 0 spiro atoms. The summed E-state index contributed by atoms with van der Waals surface area (Å²) in [6.45, 7) is 3.92. The molecule has 19 heavy (non-hydrogen) atoms. The third kappa shape index (κ3) is 5.48. The first-order valence-corrected chi connectivity index (χ1v) is 8.61. The predicted molar refractivity (Wildman–Crippen MR) is 72.7 cm³/mol. The number of rotatable bonds is 6. The van der Waals surface area contributed by atoms with Gasteiger partial charge in [0.05, 0.1) is 23.0 Å². The Bertz CT molecular complexity index is 405. The maximum Gasteiger partial charge on any atom is 0.306 e. The Hall–Kier alpha value is -0.620. The quantitative estimate of drug-likeness (QED) is 0.773. The average Bonchev–Trinajstić information content (AvgIpc) is 2.26. The van der Waals surface area contributed by atoms with E-state index in [-0.39, 0.29) is 24.3 Å². The van der Waals surface area contributed by atoms with Crippen LogP contribution in [-0.4, -0.2) is 41.7 Å². The summed E-state index contributed by atoms with van der Waals surface area (Å²) in [4.78, 5) is 10.8. The molecule has 0 saturated heterocycles. The highest BCUT2D eigenvalue weighted by molar-refractivity contribution is 7.91. The number of aliphatic carboxylic acids is 1. The summed E-state index contributed by atoms with van der Waals surface area (Å²) in [6.07, 6.45) is 1.81. The Morgan fingerprint density at radius 3 is 2.26 bits per heavy atom. The van der Waals surface area contributed by atoms with Gasteiger partial charge in [-0.3, -0.25) is 4.79 Å². The SMILES string of the molecule is CC(C)CCS(=O)(=O)CC1(O)CCC(C(=O)O)CC1. The molecule has 0 bridgehead atoms. The maximum absolute atomic E-state index is 11.9. The van der Waals surface area contributed by atoms with Crippen molar-refractivity contribution >= 4 is 15.8 Å². The fourth-order valence-electron chi connectivity index (χ4n) is 2.44. The second kappa shape index (κ2) is 6.22. The monoisotopic (exact) mass is 292 g/mol. The molecule has 0 heterocycles. The number of aliphatic hydroxyl groups is 1. The Labute approximate surface area is 114 Å². The molecule has 0 aromatic rings. The van der Waals surface area contributed by atoms with E-state index in [0.29, 0.717) is 25.2 Å². The minimum atomic E-state index is -3.27. The summed E-state index contributed by atoms with van der Waals surface area (Å²) in [7, 11) is -3.27. The molecular weight excluding hydrogens is 268 g/mol. The highest BCUT2D eigenvalue weighted by Crippen LogP contribution is 2.33. The van der Waals surface area contributed by atoms with E-state index in [1.165, 1.54) is 0 Å². The van der Waals surface area contributed by atoms with E-state index in [0.717, 1.165) is 0 Å². The topological polar surface area (TPSA) is 91.7 Å². The molecule has 0 atom stereocenters. The van der Waals surface area contributed by atoms with Crippen molar-refractivity contribution in [3.63, 3.8) is 0 Å². The van der Waals surface area contributed by atoms with Gasteiger partial charge in [0, 0.05) is 0 Å². The fraction of sp³-hybridized carbons (Fsp3) is 0.923. The molecule has 1 rings (SSSR count). The van der Waals surface area contributed by atoms with Crippen LogP contribution in [0.25, 0.3) is 0 Å². The van der Waals surface area contributed by atoms with Gasteiger partial charge in [-0.15, -0.1) is 0 Å². The summed E-state index contributed by atoms with van der Waals surface area (Å²) < 4.78 is 23.9. The molecule has 0 aliphatic heterocycles. The van der Waals surface area contributed by atoms with Crippen LogP contribution in [-0.2, 0) is 14.6 Å². The van der Waals surface area contributed by atoms with E-state index in [1.807, 2.05) is 13.8 Å². The van der Waals surface area contributed by atoms with Gasteiger partial charge in [0.25, 0.3) is 0 Å². The van der Waals surface area contributed by atoms with Crippen molar-refractivity contribution in [3.05, 3.63) is 0 Å². The third-order valence-corrected chi connectivity index (χ3v) is 5.60. The summed E-state index contributed by atoms with van der Waals surface area (Å²) in [5.41, 5.74) is -1.23. The molecule has 0 amide bonds. The van der Waals surface area contributed by atoms with Crippen LogP contribution in [0.1, 0.15) is 46.0 Å². The number of carboxylic acid groups (broad SMARTS) is 1. The van der Waals surface area contributed by atoms with Gasteiger partial charge in [0.1, 0.15) is 0 Å². The molecule has 112 valence electrons. The van der Waals surface area contributed by atoms with Gasteiger partial charge in [-0.2, -0.15) is 0 Å². The van der Waals surface area contributed by atoms with Gasteiger partial charge < -0.3 is 10.2 Å². The van der Waals surface area contributed by atoms with Gasteiger partial charge >= 0.3 is 5.97 Å². The summed E-state index contributed by atoms with van der Waals surface area (Å²) >= 11 is 0. The van der Waals surface area contributed by atoms with Crippen LogP contribution in [0.5, 0.6) is 0 Å². The Kier molecular flexibility index (Phi) is 5.38. The van der Waals surface area contributed by atoms with Gasteiger partial charge in [-0.25, -0.2) is 8.42 Å². The summed E-state index contributed by atoms with van der Waals surface area (Å²) in [6, 6.07) is 0. The lowest BCUT2D eigenvalue weighted by Gasteiger charge is -2.34. The Morgan fingerprint density at radius 1 is 1.32 bits per heavy atom. The van der Waals surface area contributed by atoms with Crippen molar-refractivity contribution in [1.82, 2.24) is 0 Å². The zero-order valence-corrected chi connectivity index (χ0v) is 12.4. The van der Waals surface area contributed by atoms with Crippen molar-refractivity contribution in [1.29, 1.82) is 0 Å². The average molecular weight is 292 g/mol. The minimum absolute atomic E-state index is 0.0926. The zero-order valence-electron chi connectivity index (χ0n) is 11.6. The lowest BCUT2D eigenvalue weighted by molar-refractivity contribution is -0.144. The molecule has 0 aromatic carbocycles. The molecule has 1 fully saturated rings. The number of sulfone groups is 1. The van der Waals surface area contributed by atoms with Crippen LogP contribution in [0.2, 0.25) is 0 Å². The van der Waals surface area contributed by atoms with Gasteiger partial charge in [0.15, 0.2) is 9.84 Å². The van der Waals surface area contributed by atoms with E-state index in [9.17, 15) is 18.3 Å². The molecule has 0 aromatic heterocycles. The number of carboxylic acids is 1. The highest BCUT2D eigenvalue weighted by atomic mass is 32.2. The van der Waals surface area contributed by atoms with Gasteiger partial charge in [-0.1, -0.05) is 13.8 Å². The van der Waals surface area contributed by atoms with Crippen LogP contribution in [0.4, 0.5) is 0 Å².